The lowest BCUT2D eigenvalue weighted by atomic mass is 10.1. The van der Waals surface area contributed by atoms with Crippen molar-refractivity contribution in [3.8, 4) is 5.69 Å². The van der Waals surface area contributed by atoms with Gasteiger partial charge in [0.05, 0.1) is 24.1 Å². The Bertz CT molecular complexity index is 1310. The third kappa shape index (κ3) is 5.36. The second kappa shape index (κ2) is 10.1. The van der Waals surface area contributed by atoms with Gasteiger partial charge in [0.2, 0.25) is 0 Å². The van der Waals surface area contributed by atoms with E-state index in [1.807, 2.05) is 60.7 Å². The Balaban J connectivity index is 1.47. The highest BCUT2D eigenvalue weighted by Crippen LogP contribution is 2.23. The molecule has 9 heteroatoms. The van der Waals surface area contributed by atoms with Crippen LogP contribution in [0.25, 0.3) is 5.69 Å². The molecule has 0 bridgehead atoms. The summed E-state index contributed by atoms with van der Waals surface area (Å²) < 4.78 is 1.58. The van der Waals surface area contributed by atoms with E-state index in [4.69, 9.17) is 17.3 Å². The lowest BCUT2D eigenvalue weighted by Crippen LogP contribution is -2.28. The van der Waals surface area contributed by atoms with Crippen molar-refractivity contribution < 1.29 is 14.7 Å². The second-order valence-electron chi connectivity index (χ2n) is 7.60. The molecule has 4 aromatic rings. The van der Waals surface area contributed by atoms with Gasteiger partial charge in [0.15, 0.2) is 5.82 Å². The third-order valence-corrected chi connectivity index (χ3v) is 5.51. The van der Waals surface area contributed by atoms with Gasteiger partial charge in [-0.05, 0) is 35.4 Å². The smallest absolute Gasteiger partial charge is 0.407 e. The van der Waals surface area contributed by atoms with E-state index < -0.39 is 12.0 Å². The van der Waals surface area contributed by atoms with E-state index in [0.717, 1.165) is 11.3 Å². The largest absolute Gasteiger partial charge is 0.465 e. The first kappa shape index (κ1) is 22.9. The molecule has 0 aliphatic carbocycles. The standard InChI is InChI=1S/C25H22ClN5O3/c26-21-13-18(11-12-19(21)15-30(25(33)34)14-17-7-3-1-4-8-17)24(32)28-23-22(27)16-31(29-23)20-9-5-2-6-10-20/h1-13,16H,14-15,27H2,(H,33,34)(H,28,29,32). The van der Waals surface area contributed by atoms with Crippen LogP contribution in [0.2, 0.25) is 5.02 Å². The number of nitrogens with zero attached hydrogens (tertiary/aromatic N) is 3. The maximum Gasteiger partial charge on any atom is 0.407 e. The van der Waals surface area contributed by atoms with Crippen LogP contribution in [-0.2, 0) is 13.1 Å². The Labute approximate surface area is 201 Å². The van der Waals surface area contributed by atoms with E-state index in [9.17, 15) is 14.7 Å². The van der Waals surface area contributed by atoms with Gasteiger partial charge in [0.25, 0.3) is 5.91 Å². The molecule has 1 aromatic heterocycles. The molecule has 0 saturated heterocycles. The first-order chi connectivity index (χ1) is 16.4. The van der Waals surface area contributed by atoms with Crippen LogP contribution in [0.15, 0.2) is 85.1 Å². The van der Waals surface area contributed by atoms with Crippen molar-refractivity contribution in [2.75, 3.05) is 11.1 Å². The van der Waals surface area contributed by atoms with Gasteiger partial charge in [-0.2, -0.15) is 0 Å². The molecule has 0 aliphatic rings. The van der Waals surface area contributed by atoms with Gasteiger partial charge in [0.1, 0.15) is 0 Å². The Hall–Kier alpha value is -4.30. The van der Waals surface area contributed by atoms with Gasteiger partial charge in [0, 0.05) is 17.1 Å². The van der Waals surface area contributed by atoms with Crippen LogP contribution in [0.1, 0.15) is 21.5 Å². The first-order valence-corrected chi connectivity index (χ1v) is 10.8. The summed E-state index contributed by atoms with van der Waals surface area (Å²) in [5.74, 6) is -0.202. The molecule has 4 N–H and O–H groups in total. The highest BCUT2D eigenvalue weighted by molar-refractivity contribution is 6.31. The molecule has 4 rings (SSSR count). The molecule has 0 spiro atoms. The monoisotopic (exact) mass is 475 g/mol. The number of aromatic nitrogens is 2. The van der Waals surface area contributed by atoms with Gasteiger partial charge in [-0.1, -0.05) is 66.2 Å². The van der Waals surface area contributed by atoms with Gasteiger partial charge < -0.3 is 16.2 Å². The van der Waals surface area contributed by atoms with Crippen molar-refractivity contribution in [1.29, 1.82) is 0 Å². The van der Waals surface area contributed by atoms with Crippen molar-refractivity contribution in [1.82, 2.24) is 14.7 Å². The molecule has 2 amide bonds. The van der Waals surface area contributed by atoms with E-state index in [-0.39, 0.29) is 23.9 Å². The summed E-state index contributed by atoms with van der Waals surface area (Å²) in [4.78, 5) is 25.8. The summed E-state index contributed by atoms with van der Waals surface area (Å²) in [6, 6.07) is 23.4. The van der Waals surface area contributed by atoms with E-state index in [1.165, 1.54) is 11.0 Å². The molecule has 0 radical (unpaired) electrons. The molecule has 1 heterocycles. The number of carbonyl (C=O) groups excluding carboxylic acids is 1. The van der Waals surface area contributed by atoms with Crippen LogP contribution in [-0.4, -0.2) is 31.8 Å². The fraction of sp³-hybridized carbons (Fsp3) is 0.0800. The van der Waals surface area contributed by atoms with Gasteiger partial charge >= 0.3 is 6.09 Å². The molecule has 8 nitrogen and oxygen atoms in total. The quantitative estimate of drug-likeness (QED) is 0.346. The molecule has 3 aromatic carbocycles. The average Bonchev–Trinajstić information content (AvgIpc) is 3.21. The van der Waals surface area contributed by atoms with Gasteiger partial charge in [-0.3, -0.25) is 9.69 Å². The zero-order valence-electron chi connectivity index (χ0n) is 18.1. The minimum atomic E-state index is -1.06. The number of rotatable bonds is 7. The summed E-state index contributed by atoms with van der Waals surface area (Å²) in [5, 5.41) is 16.9. The number of carboxylic acid groups (broad SMARTS) is 1. The number of carbonyl (C=O) groups is 2. The number of anilines is 2. The predicted octanol–water partition coefficient (Wildman–Crippen LogP) is 5.04. The first-order valence-electron chi connectivity index (χ1n) is 10.4. The highest BCUT2D eigenvalue weighted by Gasteiger charge is 2.17. The lowest BCUT2D eigenvalue weighted by molar-refractivity contribution is 0.102. The Morgan fingerprint density at radius 3 is 2.32 bits per heavy atom. The number of amides is 2. The second-order valence-corrected chi connectivity index (χ2v) is 8.00. The van der Waals surface area contributed by atoms with E-state index in [0.29, 0.717) is 16.8 Å². The molecule has 34 heavy (non-hydrogen) atoms. The van der Waals surface area contributed by atoms with Crippen molar-refractivity contribution in [3.63, 3.8) is 0 Å². The Morgan fingerprint density at radius 2 is 1.68 bits per heavy atom. The SMILES string of the molecule is Nc1cn(-c2ccccc2)nc1NC(=O)c1ccc(CN(Cc2ccccc2)C(=O)O)c(Cl)c1. The maximum atomic E-state index is 12.8. The van der Waals surface area contributed by atoms with Crippen LogP contribution in [0.4, 0.5) is 16.3 Å². The minimum absolute atomic E-state index is 0.0827. The molecular formula is C25H22ClN5O3. The number of nitrogens with two attached hydrogens (primary N) is 1. The topological polar surface area (TPSA) is 113 Å². The van der Waals surface area contributed by atoms with Crippen LogP contribution in [0, 0.1) is 0 Å². The normalized spacial score (nSPS) is 10.6. The molecule has 172 valence electrons. The third-order valence-electron chi connectivity index (χ3n) is 5.16. The van der Waals surface area contributed by atoms with Crippen molar-refractivity contribution >= 4 is 35.1 Å². The fourth-order valence-electron chi connectivity index (χ4n) is 3.39. The Kier molecular flexibility index (Phi) is 6.79. The number of hydrogen-bond donors (Lipinski definition) is 3. The number of benzene rings is 3. The molecule has 0 unspecified atom stereocenters. The summed E-state index contributed by atoms with van der Waals surface area (Å²) in [6.07, 6.45) is 0.556. The predicted molar refractivity (Wildman–Crippen MR) is 131 cm³/mol. The van der Waals surface area contributed by atoms with Crippen LogP contribution in [0.3, 0.4) is 0 Å². The molecule has 0 aliphatic heterocycles. The zero-order valence-corrected chi connectivity index (χ0v) is 18.8. The summed E-state index contributed by atoms with van der Waals surface area (Å²) >= 11 is 6.40. The van der Waals surface area contributed by atoms with Crippen molar-refractivity contribution in [3.05, 3.63) is 107 Å². The van der Waals surface area contributed by atoms with Crippen molar-refractivity contribution in [2.24, 2.45) is 0 Å². The van der Waals surface area contributed by atoms with Gasteiger partial charge in [-0.25, -0.2) is 9.48 Å². The van der Waals surface area contributed by atoms with E-state index >= 15 is 0 Å². The fourth-order valence-corrected chi connectivity index (χ4v) is 3.63. The van der Waals surface area contributed by atoms with E-state index in [1.54, 1.807) is 23.0 Å². The summed E-state index contributed by atoms with van der Waals surface area (Å²) in [5.41, 5.74) is 8.90. The number of halogens is 1. The molecule has 0 fully saturated rings. The number of hydrogen-bond acceptors (Lipinski definition) is 4. The average molecular weight is 476 g/mol. The number of para-hydroxylation sites is 1. The van der Waals surface area contributed by atoms with Crippen LogP contribution in [0.5, 0.6) is 0 Å². The van der Waals surface area contributed by atoms with Crippen LogP contribution >= 0.6 is 11.6 Å². The van der Waals surface area contributed by atoms with Gasteiger partial charge in [-0.15, -0.1) is 5.10 Å². The van der Waals surface area contributed by atoms with E-state index in [2.05, 4.69) is 10.4 Å². The number of nitrogens with one attached hydrogen (secondary N) is 1. The highest BCUT2D eigenvalue weighted by atomic mass is 35.5. The Morgan fingerprint density at radius 1 is 1.00 bits per heavy atom. The summed E-state index contributed by atoms with van der Waals surface area (Å²) in [7, 11) is 0. The van der Waals surface area contributed by atoms with Crippen molar-refractivity contribution in [2.45, 2.75) is 13.1 Å². The zero-order chi connectivity index (χ0) is 24.1. The minimum Gasteiger partial charge on any atom is -0.465 e. The maximum absolute atomic E-state index is 12.8. The molecular weight excluding hydrogens is 454 g/mol. The summed E-state index contributed by atoms with van der Waals surface area (Å²) in [6.45, 7) is 0.303. The molecule has 0 saturated carbocycles. The number of nitrogen functional groups attached to an aromatic ring is 1. The molecule has 0 atom stereocenters. The van der Waals surface area contributed by atoms with Crippen LogP contribution < -0.4 is 11.1 Å². The lowest BCUT2D eigenvalue weighted by Gasteiger charge is -2.20.